The van der Waals surface area contributed by atoms with E-state index in [-0.39, 0.29) is 18.2 Å². The van der Waals surface area contributed by atoms with Gasteiger partial charge in [-0.1, -0.05) is 0 Å². The Morgan fingerprint density at radius 1 is 1.21 bits per heavy atom. The summed E-state index contributed by atoms with van der Waals surface area (Å²) in [5, 5.41) is 13.5. The van der Waals surface area contributed by atoms with Gasteiger partial charge >= 0.3 is 0 Å². The topological polar surface area (TPSA) is 132 Å². The molecule has 0 aromatic carbocycles. The van der Waals surface area contributed by atoms with Crippen LogP contribution in [0.15, 0.2) is 30.9 Å². The van der Waals surface area contributed by atoms with Crippen molar-refractivity contribution in [3.05, 3.63) is 42.0 Å². The molecule has 170 valence electrons. The maximum atomic E-state index is 12.4. The summed E-state index contributed by atoms with van der Waals surface area (Å²) in [4.78, 5) is 23.6. The lowest BCUT2D eigenvalue weighted by molar-refractivity contribution is -0.000466. The lowest BCUT2D eigenvalue weighted by Gasteiger charge is -2.46. The van der Waals surface area contributed by atoms with Gasteiger partial charge in [-0.3, -0.25) is 9.78 Å². The number of primary amides is 1. The molecular formula is C23H25N7O3. The first-order chi connectivity index (χ1) is 16.1. The molecule has 0 unspecified atom stereocenters. The minimum Gasteiger partial charge on any atom is -0.381 e. The number of rotatable bonds is 6. The molecule has 2 aliphatic rings. The van der Waals surface area contributed by atoms with Gasteiger partial charge in [-0.05, 0) is 31.7 Å². The number of nitriles is 1. The second-order valence-corrected chi connectivity index (χ2v) is 8.50. The third-order valence-corrected chi connectivity index (χ3v) is 6.57. The van der Waals surface area contributed by atoms with Crippen molar-refractivity contribution in [1.29, 1.82) is 5.26 Å². The van der Waals surface area contributed by atoms with Gasteiger partial charge in [-0.2, -0.15) is 10.4 Å². The van der Waals surface area contributed by atoms with Crippen molar-refractivity contribution in [2.24, 2.45) is 5.73 Å². The second-order valence-electron chi connectivity index (χ2n) is 8.50. The van der Waals surface area contributed by atoms with E-state index in [9.17, 15) is 4.79 Å². The smallest absolute Gasteiger partial charge is 0.252 e. The van der Waals surface area contributed by atoms with Crippen LogP contribution in [-0.2, 0) is 9.47 Å². The van der Waals surface area contributed by atoms with E-state index in [1.807, 2.05) is 6.07 Å². The predicted molar refractivity (Wildman–Crippen MR) is 120 cm³/mol. The number of carbonyl (C=O) groups excluding carboxylic acids is 1. The summed E-state index contributed by atoms with van der Waals surface area (Å²) in [6.45, 7) is 1.21. The number of nitrogens with zero attached hydrogens (tertiary/aromatic N) is 6. The minimum absolute atomic E-state index is 0.169. The zero-order valence-electron chi connectivity index (χ0n) is 18.3. The monoisotopic (exact) mass is 447 g/mol. The van der Waals surface area contributed by atoms with Gasteiger partial charge in [0, 0.05) is 25.5 Å². The number of methoxy groups -OCH3 is 1. The zero-order valence-corrected chi connectivity index (χ0v) is 18.3. The third kappa shape index (κ3) is 3.90. The number of ether oxygens (including phenoxy) is 2. The van der Waals surface area contributed by atoms with Crippen molar-refractivity contribution >= 4 is 17.2 Å². The van der Waals surface area contributed by atoms with Gasteiger partial charge in [0.15, 0.2) is 5.65 Å². The number of fused-ring (bicyclic) bond motifs is 1. The summed E-state index contributed by atoms with van der Waals surface area (Å²) in [6.07, 6.45) is 10.4. The number of hydrogen-bond donors (Lipinski definition) is 1. The Bertz CT molecular complexity index is 1220. The molecule has 1 aliphatic carbocycles. The lowest BCUT2D eigenvalue weighted by Crippen LogP contribution is -2.55. The molecule has 4 heterocycles. The van der Waals surface area contributed by atoms with Crippen molar-refractivity contribution in [3.63, 3.8) is 0 Å². The van der Waals surface area contributed by atoms with Crippen LogP contribution in [0.5, 0.6) is 0 Å². The fourth-order valence-corrected chi connectivity index (χ4v) is 4.74. The van der Waals surface area contributed by atoms with Crippen molar-refractivity contribution < 1.29 is 14.3 Å². The predicted octanol–water partition coefficient (Wildman–Crippen LogP) is 1.92. The van der Waals surface area contributed by atoms with Crippen molar-refractivity contribution in [1.82, 2.24) is 19.6 Å². The normalized spacial score (nSPS) is 20.8. The summed E-state index contributed by atoms with van der Waals surface area (Å²) in [5.74, 6) is -0.517. The number of pyridine rings is 1. The third-order valence-electron chi connectivity index (χ3n) is 6.57. The highest BCUT2D eigenvalue weighted by Crippen LogP contribution is 2.36. The molecule has 1 aliphatic heterocycles. The summed E-state index contributed by atoms with van der Waals surface area (Å²) < 4.78 is 12.6. The zero-order chi connectivity index (χ0) is 22.9. The summed E-state index contributed by atoms with van der Waals surface area (Å²) in [6, 6.07) is 4.38. The molecule has 2 N–H and O–H groups in total. The van der Waals surface area contributed by atoms with Crippen LogP contribution in [-0.4, -0.2) is 64.0 Å². The minimum atomic E-state index is -0.517. The molecule has 0 spiro atoms. The molecule has 10 heteroatoms. The molecule has 10 nitrogen and oxygen atoms in total. The van der Waals surface area contributed by atoms with Crippen LogP contribution in [0.1, 0.15) is 41.6 Å². The summed E-state index contributed by atoms with van der Waals surface area (Å²) in [5.41, 5.74) is 9.25. The van der Waals surface area contributed by atoms with E-state index >= 15 is 0 Å². The largest absolute Gasteiger partial charge is 0.381 e. The van der Waals surface area contributed by atoms with E-state index in [1.54, 1.807) is 24.0 Å². The number of aromatic nitrogens is 4. The average Bonchev–Trinajstić information content (AvgIpc) is 3.24. The highest BCUT2D eigenvalue weighted by molar-refractivity contribution is 5.99. The molecular weight excluding hydrogens is 422 g/mol. The first-order valence-corrected chi connectivity index (χ1v) is 11.0. The molecule has 0 atom stereocenters. The van der Waals surface area contributed by atoms with Gasteiger partial charge < -0.3 is 20.1 Å². The Labute approximate surface area is 190 Å². The van der Waals surface area contributed by atoms with Crippen LogP contribution in [0.25, 0.3) is 16.9 Å². The van der Waals surface area contributed by atoms with Crippen LogP contribution < -0.4 is 10.6 Å². The highest BCUT2D eigenvalue weighted by atomic mass is 16.5. The number of anilines is 1. The van der Waals surface area contributed by atoms with E-state index in [0.717, 1.165) is 31.4 Å². The van der Waals surface area contributed by atoms with Crippen LogP contribution in [0.3, 0.4) is 0 Å². The summed E-state index contributed by atoms with van der Waals surface area (Å²) >= 11 is 0. The molecule has 1 saturated carbocycles. The Hall–Kier alpha value is -3.55. The van der Waals surface area contributed by atoms with E-state index in [2.05, 4.69) is 26.0 Å². The Morgan fingerprint density at radius 3 is 2.64 bits per heavy atom. The van der Waals surface area contributed by atoms with Crippen LogP contribution in [0, 0.1) is 11.3 Å². The lowest BCUT2D eigenvalue weighted by atomic mass is 9.89. The van der Waals surface area contributed by atoms with Gasteiger partial charge in [0.2, 0.25) is 0 Å². The van der Waals surface area contributed by atoms with Crippen LogP contribution >= 0.6 is 0 Å². The Morgan fingerprint density at radius 2 is 2.00 bits per heavy atom. The van der Waals surface area contributed by atoms with Gasteiger partial charge in [0.25, 0.3) is 5.91 Å². The molecule has 0 radical (unpaired) electrons. The second kappa shape index (κ2) is 8.77. The summed E-state index contributed by atoms with van der Waals surface area (Å²) in [7, 11) is 1.76. The van der Waals surface area contributed by atoms with E-state index in [0.29, 0.717) is 41.2 Å². The van der Waals surface area contributed by atoms with Crippen molar-refractivity contribution in [3.8, 4) is 17.3 Å². The number of hydrogen-bond acceptors (Lipinski definition) is 8. The van der Waals surface area contributed by atoms with E-state index < -0.39 is 5.91 Å². The fourth-order valence-electron chi connectivity index (χ4n) is 4.74. The Kier molecular flexibility index (Phi) is 5.66. The molecule has 5 rings (SSSR count). The molecule has 3 aromatic rings. The van der Waals surface area contributed by atoms with Gasteiger partial charge in [0.05, 0.1) is 65.8 Å². The molecule has 1 amide bonds. The fraction of sp³-hybridized carbons (Fsp3) is 0.435. The van der Waals surface area contributed by atoms with Gasteiger partial charge in [-0.25, -0.2) is 9.50 Å². The standard InChI is InChI=1S/C23H25N7O3/c1-32-17-4-2-15(3-5-17)30(16-12-33-13-16)21-6-20(26-9-19(21)22(25)31)18-10-28-29-11-14(7-24)8-27-23(18)29/h6,8-11,15-17H,2-5,12-13H2,1H3,(H2,25,31). The number of carbonyl (C=O) groups is 1. The quantitative estimate of drug-likeness (QED) is 0.606. The first-order valence-electron chi connectivity index (χ1n) is 11.0. The van der Waals surface area contributed by atoms with E-state index in [4.69, 9.17) is 20.5 Å². The molecule has 0 bridgehead atoms. The van der Waals surface area contributed by atoms with Crippen LogP contribution in [0.2, 0.25) is 0 Å². The van der Waals surface area contributed by atoms with Crippen molar-refractivity contribution in [2.45, 2.75) is 43.9 Å². The first kappa shape index (κ1) is 21.3. The average molecular weight is 447 g/mol. The number of nitrogens with two attached hydrogens (primary N) is 1. The SMILES string of the molecule is COC1CCC(N(c2cc(-c3cnn4cc(C#N)cnc34)ncc2C(N)=O)C2COC2)CC1. The molecule has 2 fully saturated rings. The van der Waals surface area contributed by atoms with Gasteiger partial charge in [-0.15, -0.1) is 0 Å². The molecule has 33 heavy (non-hydrogen) atoms. The molecule has 1 saturated heterocycles. The number of amides is 1. The van der Waals surface area contributed by atoms with Crippen LogP contribution in [0.4, 0.5) is 5.69 Å². The maximum absolute atomic E-state index is 12.4. The maximum Gasteiger partial charge on any atom is 0.252 e. The Balaban J connectivity index is 1.58. The van der Waals surface area contributed by atoms with Gasteiger partial charge in [0.1, 0.15) is 6.07 Å². The van der Waals surface area contributed by atoms with E-state index in [1.165, 1.54) is 12.4 Å². The van der Waals surface area contributed by atoms with Crippen molar-refractivity contribution in [2.75, 3.05) is 25.2 Å². The molecule has 3 aromatic heterocycles. The highest BCUT2D eigenvalue weighted by Gasteiger charge is 2.36.